The lowest BCUT2D eigenvalue weighted by Crippen LogP contribution is -2.41. The van der Waals surface area contributed by atoms with E-state index in [4.69, 9.17) is 9.47 Å². The molecule has 0 aliphatic carbocycles. The molecule has 1 atom stereocenters. The van der Waals surface area contributed by atoms with Crippen LogP contribution < -0.4 is 9.47 Å². The zero-order valence-electron chi connectivity index (χ0n) is 13.9. The molecule has 5 nitrogen and oxygen atoms in total. The Balaban J connectivity index is 1.59. The van der Waals surface area contributed by atoms with Crippen LogP contribution in [0.25, 0.3) is 0 Å². The van der Waals surface area contributed by atoms with Crippen LogP contribution in [-0.4, -0.2) is 42.6 Å². The quantitative estimate of drug-likeness (QED) is 0.847. The van der Waals surface area contributed by atoms with Crippen LogP contribution in [0.1, 0.15) is 23.2 Å². The minimum Gasteiger partial charge on any atom is -0.497 e. The number of benzene rings is 1. The molecule has 0 saturated carbocycles. The number of likely N-dealkylation sites (tertiary alicyclic amines) is 1. The number of carbonyl (C=O) groups is 1. The Kier molecular flexibility index (Phi) is 5.31. The van der Waals surface area contributed by atoms with Gasteiger partial charge in [0.15, 0.2) is 0 Å². The van der Waals surface area contributed by atoms with Crippen LogP contribution in [0.4, 0.5) is 0 Å². The van der Waals surface area contributed by atoms with Crippen molar-refractivity contribution in [2.75, 3.05) is 26.8 Å². The molecular formula is C19H22N2O3. The zero-order valence-corrected chi connectivity index (χ0v) is 13.9. The van der Waals surface area contributed by atoms with Gasteiger partial charge in [0.1, 0.15) is 11.5 Å². The van der Waals surface area contributed by atoms with Gasteiger partial charge >= 0.3 is 0 Å². The fraction of sp³-hybridized carbons (Fsp3) is 0.368. The van der Waals surface area contributed by atoms with Crippen molar-refractivity contribution in [3.8, 4) is 11.5 Å². The molecule has 1 aliphatic rings. The first kappa shape index (κ1) is 16.3. The number of ether oxygens (including phenoxy) is 2. The molecular weight excluding hydrogens is 304 g/mol. The summed E-state index contributed by atoms with van der Waals surface area (Å²) in [6, 6.07) is 11.0. The molecule has 1 aromatic heterocycles. The smallest absolute Gasteiger partial charge is 0.253 e. The molecule has 1 fully saturated rings. The predicted octanol–water partition coefficient (Wildman–Crippen LogP) is 3.02. The molecule has 0 N–H and O–H groups in total. The van der Waals surface area contributed by atoms with Crippen molar-refractivity contribution in [2.24, 2.45) is 5.92 Å². The van der Waals surface area contributed by atoms with Crippen molar-refractivity contribution < 1.29 is 14.3 Å². The predicted molar refractivity (Wildman–Crippen MR) is 91.4 cm³/mol. The first-order valence-electron chi connectivity index (χ1n) is 8.22. The molecule has 0 radical (unpaired) electrons. The Labute approximate surface area is 142 Å². The van der Waals surface area contributed by atoms with Gasteiger partial charge in [-0.2, -0.15) is 0 Å². The van der Waals surface area contributed by atoms with Crippen LogP contribution in [0.3, 0.4) is 0 Å². The molecule has 2 heterocycles. The number of methoxy groups -OCH3 is 1. The molecule has 24 heavy (non-hydrogen) atoms. The maximum absolute atomic E-state index is 12.7. The molecule has 1 amide bonds. The number of aromatic nitrogens is 1. The van der Waals surface area contributed by atoms with Crippen molar-refractivity contribution in [1.82, 2.24) is 9.88 Å². The van der Waals surface area contributed by atoms with E-state index in [0.717, 1.165) is 31.7 Å². The van der Waals surface area contributed by atoms with Gasteiger partial charge in [-0.25, -0.2) is 0 Å². The monoisotopic (exact) mass is 326 g/mol. The number of amides is 1. The molecule has 2 aromatic rings. The highest BCUT2D eigenvalue weighted by Crippen LogP contribution is 2.21. The third-order valence-corrected chi connectivity index (χ3v) is 4.26. The van der Waals surface area contributed by atoms with Crippen LogP contribution >= 0.6 is 0 Å². The van der Waals surface area contributed by atoms with Crippen molar-refractivity contribution in [3.63, 3.8) is 0 Å². The average Bonchev–Trinajstić information content (AvgIpc) is 2.67. The molecule has 1 aromatic carbocycles. The van der Waals surface area contributed by atoms with Gasteiger partial charge in [-0.05, 0) is 43.2 Å². The molecule has 1 saturated heterocycles. The van der Waals surface area contributed by atoms with E-state index in [1.165, 1.54) is 0 Å². The van der Waals surface area contributed by atoms with Crippen LogP contribution in [0.5, 0.6) is 11.5 Å². The second kappa shape index (κ2) is 7.81. The third-order valence-electron chi connectivity index (χ3n) is 4.26. The second-order valence-corrected chi connectivity index (χ2v) is 5.99. The minimum atomic E-state index is 0.0579. The van der Waals surface area contributed by atoms with E-state index in [0.29, 0.717) is 23.8 Å². The van der Waals surface area contributed by atoms with E-state index in [-0.39, 0.29) is 5.91 Å². The van der Waals surface area contributed by atoms with E-state index in [1.54, 1.807) is 25.6 Å². The molecule has 0 bridgehead atoms. The van der Waals surface area contributed by atoms with Crippen molar-refractivity contribution in [2.45, 2.75) is 12.8 Å². The van der Waals surface area contributed by atoms with E-state index < -0.39 is 0 Å². The van der Waals surface area contributed by atoms with E-state index in [9.17, 15) is 4.79 Å². The summed E-state index contributed by atoms with van der Waals surface area (Å²) in [5, 5.41) is 0. The summed E-state index contributed by atoms with van der Waals surface area (Å²) >= 11 is 0. The van der Waals surface area contributed by atoms with Crippen LogP contribution in [0.15, 0.2) is 48.8 Å². The number of hydrogen-bond acceptors (Lipinski definition) is 4. The maximum Gasteiger partial charge on any atom is 0.253 e. The van der Waals surface area contributed by atoms with Gasteiger partial charge in [-0.3, -0.25) is 9.78 Å². The number of hydrogen-bond donors (Lipinski definition) is 0. The maximum atomic E-state index is 12.7. The number of nitrogens with zero attached hydrogens (tertiary/aromatic N) is 2. The summed E-state index contributed by atoms with van der Waals surface area (Å²) in [5.74, 6) is 1.93. The Bertz CT molecular complexity index is 675. The largest absolute Gasteiger partial charge is 0.497 e. The lowest BCUT2D eigenvalue weighted by molar-refractivity contribution is 0.0633. The summed E-state index contributed by atoms with van der Waals surface area (Å²) in [4.78, 5) is 18.6. The van der Waals surface area contributed by atoms with Crippen LogP contribution in [0, 0.1) is 5.92 Å². The first-order chi connectivity index (χ1) is 11.8. The lowest BCUT2D eigenvalue weighted by Gasteiger charge is -2.32. The number of piperidine rings is 1. The van der Waals surface area contributed by atoms with E-state index >= 15 is 0 Å². The van der Waals surface area contributed by atoms with Crippen LogP contribution in [0.2, 0.25) is 0 Å². The third kappa shape index (κ3) is 4.04. The Hall–Kier alpha value is -2.56. The normalized spacial score (nSPS) is 17.4. The first-order valence-corrected chi connectivity index (χ1v) is 8.22. The molecule has 3 rings (SSSR count). The van der Waals surface area contributed by atoms with Gasteiger partial charge in [-0.15, -0.1) is 0 Å². The fourth-order valence-electron chi connectivity index (χ4n) is 2.97. The molecule has 126 valence electrons. The van der Waals surface area contributed by atoms with Gasteiger partial charge in [0.25, 0.3) is 5.91 Å². The number of carbonyl (C=O) groups excluding carboxylic acids is 1. The summed E-state index contributed by atoms with van der Waals surface area (Å²) in [6.07, 6.45) is 5.51. The molecule has 0 spiro atoms. The van der Waals surface area contributed by atoms with Gasteiger partial charge in [0, 0.05) is 37.0 Å². The Morgan fingerprint density at radius 2 is 2.08 bits per heavy atom. The summed E-state index contributed by atoms with van der Waals surface area (Å²) in [5.41, 5.74) is 0.671. The number of rotatable bonds is 5. The molecule has 5 heteroatoms. The van der Waals surface area contributed by atoms with E-state index in [2.05, 4.69) is 4.98 Å². The van der Waals surface area contributed by atoms with Gasteiger partial charge in [-0.1, -0.05) is 6.07 Å². The highest BCUT2D eigenvalue weighted by Gasteiger charge is 2.25. The van der Waals surface area contributed by atoms with Crippen molar-refractivity contribution >= 4 is 5.91 Å². The Morgan fingerprint density at radius 3 is 2.88 bits per heavy atom. The second-order valence-electron chi connectivity index (χ2n) is 5.99. The highest BCUT2D eigenvalue weighted by molar-refractivity contribution is 5.94. The summed E-state index contributed by atoms with van der Waals surface area (Å²) in [7, 11) is 1.61. The average molecular weight is 326 g/mol. The SMILES string of the molecule is COc1cccc(C(=O)N2CCCC(COc3ccncc3)C2)c1. The fourth-order valence-corrected chi connectivity index (χ4v) is 2.97. The van der Waals surface area contributed by atoms with Crippen LogP contribution in [-0.2, 0) is 0 Å². The summed E-state index contributed by atoms with van der Waals surface area (Å²) < 4.78 is 11.0. The van der Waals surface area contributed by atoms with Crippen molar-refractivity contribution in [1.29, 1.82) is 0 Å². The topological polar surface area (TPSA) is 51.7 Å². The molecule has 1 unspecified atom stereocenters. The highest BCUT2D eigenvalue weighted by atomic mass is 16.5. The van der Waals surface area contributed by atoms with Gasteiger partial charge in [0.2, 0.25) is 0 Å². The van der Waals surface area contributed by atoms with Gasteiger partial charge in [0.05, 0.1) is 13.7 Å². The van der Waals surface area contributed by atoms with Crippen molar-refractivity contribution in [3.05, 3.63) is 54.4 Å². The van der Waals surface area contributed by atoms with E-state index in [1.807, 2.05) is 35.2 Å². The molecule has 1 aliphatic heterocycles. The Morgan fingerprint density at radius 1 is 1.25 bits per heavy atom. The lowest BCUT2D eigenvalue weighted by atomic mass is 9.98. The zero-order chi connectivity index (χ0) is 16.8. The summed E-state index contributed by atoms with van der Waals surface area (Å²) in [6.45, 7) is 2.13. The van der Waals surface area contributed by atoms with Gasteiger partial charge < -0.3 is 14.4 Å². The standard InChI is InChI=1S/C19H22N2O3/c1-23-18-6-2-5-16(12-18)19(22)21-11-3-4-15(13-21)14-24-17-7-9-20-10-8-17/h2,5-10,12,15H,3-4,11,13-14H2,1H3. The minimum absolute atomic E-state index is 0.0579. The number of pyridine rings is 1.